The fourth-order valence-corrected chi connectivity index (χ4v) is 2.05. The highest BCUT2D eigenvalue weighted by Gasteiger charge is 2.23. The molecule has 0 atom stereocenters. The van der Waals surface area contributed by atoms with Crippen LogP contribution in [0.3, 0.4) is 0 Å². The molecule has 0 aliphatic rings. The van der Waals surface area contributed by atoms with Gasteiger partial charge in [-0.25, -0.2) is 0 Å². The zero-order valence-corrected chi connectivity index (χ0v) is 11.7. The van der Waals surface area contributed by atoms with E-state index in [2.05, 4.69) is 15.9 Å². The van der Waals surface area contributed by atoms with E-state index in [1.807, 2.05) is 32.0 Å². The predicted octanol–water partition coefficient (Wildman–Crippen LogP) is 3.55. The molecule has 0 heterocycles. The Kier molecular flexibility index (Phi) is 4.81. The lowest BCUT2D eigenvalue weighted by Crippen LogP contribution is -2.29. The lowest BCUT2D eigenvalue weighted by atomic mass is 9.89. The van der Waals surface area contributed by atoms with Gasteiger partial charge in [0.15, 0.2) is 0 Å². The number of methoxy groups -OCH3 is 1. The van der Waals surface area contributed by atoms with Gasteiger partial charge >= 0.3 is 0 Å². The van der Waals surface area contributed by atoms with Crippen LogP contribution in [0.1, 0.15) is 32.3 Å². The molecule has 0 aliphatic carbocycles. The van der Waals surface area contributed by atoms with Gasteiger partial charge in [-0.15, -0.1) is 0 Å². The Labute approximate surface area is 106 Å². The van der Waals surface area contributed by atoms with Crippen LogP contribution in [0.15, 0.2) is 22.7 Å². The molecule has 0 spiro atoms. The molecule has 0 unspecified atom stereocenters. The molecular weight excluding hydrogens is 268 g/mol. The first-order valence-corrected chi connectivity index (χ1v) is 6.38. The Hall–Kier alpha value is -0.540. The highest BCUT2D eigenvalue weighted by Crippen LogP contribution is 2.28. The zero-order chi connectivity index (χ0) is 12.2. The van der Waals surface area contributed by atoms with E-state index in [4.69, 9.17) is 4.74 Å². The van der Waals surface area contributed by atoms with Crippen molar-refractivity contribution < 1.29 is 9.84 Å². The molecule has 3 heteroatoms. The molecule has 2 nitrogen and oxygen atoms in total. The number of hydrogen-bond donors (Lipinski definition) is 1. The minimum Gasteiger partial charge on any atom is -0.497 e. The summed E-state index contributed by atoms with van der Waals surface area (Å²) in [5.41, 5.74) is 0.472. The second kappa shape index (κ2) is 5.69. The van der Waals surface area contributed by atoms with Crippen LogP contribution in [0.25, 0.3) is 0 Å². The van der Waals surface area contributed by atoms with Crippen LogP contribution >= 0.6 is 15.9 Å². The van der Waals surface area contributed by atoms with Crippen LogP contribution in [-0.2, 0) is 6.42 Å². The normalized spacial score (nSPS) is 11.6. The molecule has 0 saturated heterocycles. The third-order valence-corrected chi connectivity index (χ3v) is 3.86. The molecule has 0 amide bonds. The monoisotopic (exact) mass is 286 g/mol. The first kappa shape index (κ1) is 13.5. The predicted molar refractivity (Wildman–Crippen MR) is 69.9 cm³/mol. The van der Waals surface area contributed by atoms with Gasteiger partial charge in [-0.05, 0) is 36.6 Å². The summed E-state index contributed by atoms with van der Waals surface area (Å²) in [5.74, 6) is 0.827. The summed E-state index contributed by atoms with van der Waals surface area (Å²) < 4.78 is 6.21. The summed E-state index contributed by atoms with van der Waals surface area (Å²) in [6, 6.07) is 5.84. The standard InChI is InChI=1S/C13H19BrO2/c1-4-13(15,5-2)9-10-8-11(16-3)6-7-12(10)14/h6-8,15H,4-5,9H2,1-3H3. The molecule has 0 fully saturated rings. The van der Waals surface area contributed by atoms with Gasteiger partial charge in [0.2, 0.25) is 0 Å². The Morgan fingerprint density at radius 3 is 2.44 bits per heavy atom. The molecular formula is C13H19BrO2. The maximum absolute atomic E-state index is 10.3. The van der Waals surface area contributed by atoms with Crippen molar-refractivity contribution in [2.24, 2.45) is 0 Å². The number of aliphatic hydroxyl groups is 1. The molecule has 1 N–H and O–H groups in total. The fourth-order valence-electron chi connectivity index (χ4n) is 1.67. The van der Waals surface area contributed by atoms with Crippen LogP contribution in [-0.4, -0.2) is 17.8 Å². The number of ether oxygens (including phenoxy) is 1. The Morgan fingerprint density at radius 2 is 1.94 bits per heavy atom. The zero-order valence-electron chi connectivity index (χ0n) is 10.1. The second-order valence-corrected chi connectivity index (χ2v) is 4.92. The molecule has 1 aromatic rings. The van der Waals surface area contributed by atoms with E-state index in [9.17, 15) is 5.11 Å². The molecule has 16 heavy (non-hydrogen) atoms. The Bertz CT molecular complexity index is 346. The van der Waals surface area contributed by atoms with Crippen LogP contribution in [0, 0.1) is 0 Å². The van der Waals surface area contributed by atoms with Gasteiger partial charge < -0.3 is 9.84 Å². The molecule has 1 aromatic carbocycles. The molecule has 1 rings (SSSR count). The highest BCUT2D eigenvalue weighted by atomic mass is 79.9. The third-order valence-electron chi connectivity index (χ3n) is 3.09. The van der Waals surface area contributed by atoms with Crippen LogP contribution < -0.4 is 4.74 Å². The first-order chi connectivity index (χ1) is 7.54. The third kappa shape index (κ3) is 3.22. The minimum absolute atomic E-state index is 0.616. The van der Waals surface area contributed by atoms with Crippen molar-refractivity contribution in [2.45, 2.75) is 38.7 Å². The lowest BCUT2D eigenvalue weighted by Gasteiger charge is -2.25. The van der Waals surface area contributed by atoms with Crippen molar-refractivity contribution in [2.75, 3.05) is 7.11 Å². The Balaban J connectivity index is 2.95. The minimum atomic E-state index is -0.616. The van der Waals surface area contributed by atoms with Crippen LogP contribution in [0.5, 0.6) is 5.75 Å². The van der Waals surface area contributed by atoms with E-state index in [-0.39, 0.29) is 0 Å². The molecule has 0 bridgehead atoms. The first-order valence-electron chi connectivity index (χ1n) is 5.59. The number of halogens is 1. The second-order valence-electron chi connectivity index (χ2n) is 4.07. The molecule has 0 saturated carbocycles. The molecule has 0 aliphatic heterocycles. The number of hydrogen-bond acceptors (Lipinski definition) is 2. The van der Waals surface area contributed by atoms with Crippen molar-refractivity contribution in [1.29, 1.82) is 0 Å². The maximum atomic E-state index is 10.3. The van der Waals surface area contributed by atoms with E-state index in [1.165, 1.54) is 0 Å². The van der Waals surface area contributed by atoms with E-state index >= 15 is 0 Å². The average molecular weight is 287 g/mol. The van der Waals surface area contributed by atoms with Gasteiger partial charge in [0.1, 0.15) is 5.75 Å². The maximum Gasteiger partial charge on any atom is 0.119 e. The number of rotatable bonds is 5. The quantitative estimate of drug-likeness (QED) is 0.897. The van der Waals surface area contributed by atoms with Crippen molar-refractivity contribution >= 4 is 15.9 Å². The molecule has 90 valence electrons. The van der Waals surface area contributed by atoms with E-state index in [0.717, 1.165) is 28.6 Å². The van der Waals surface area contributed by atoms with Crippen molar-refractivity contribution in [3.8, 4) is 5.75 Å². The SMILES string of the molecule is CCC(O)(CC)Cc1cc(OC)ccc1Br. The van der Waals surface area contributed by atoms with Gasteiger partial charge in [0.25, 0.3) is 0 Å². The summed E-state index contributed by atoms with van der Waals surface area (Å²) >= 11 is 3.50. The molecule has 0 aromatic heterocycles. The Morgan fingerprint density at radius 1 is 1.31 bits per heavy atom. The average Bonchev–Trinajstić information content (AvgIpc) is 2.32. The van der Waals surface area contributed by atoms with Gasteiger partial charge in [0, 0.05) is 10.9 Å². The van der Waals surface area contributed by atoms with Gasteiger partial charge in [-0.1, -0.05) is 29.8 Å². The van der Waals surface area contributed by atoms with E-state index < -0.39 is 5.60 Å². The largest absolute Gasteiger partial charge is 0.497 e. The summed E-state index contributed by atoms with van der Waals surface area (Å²) in [7, 11) is 1.65. The number of benzene rings is 1. The van der Waals surface area contributed by atoms with E-state index in [1.54, 1.807) is 7.11 Å². The highest BCUT2D eigenvalue weighted by molar-refractivity contribution is 9.10. The van der Waals surface area contributed by atoms with Crippen molar-refractivity contribution in [1.82, 2.24) is 0 Å². The summed E-state index contributed by atoms with van der Waals surface area (Å²) in [4.78, 5) is 0. The van der Waals surface area contributed by atoms with Crippen LogP contribution in [0.2, 0.25) is 0 Å². The van der Waals surface area contributed by atoms with Crippen molar-refractivity contribution in [3.05, 3.63) is 28.2 Å². The summed E-state index contributed by atoms with van der Waals surface area (Å²) in [6.45, 7) is 4.02. The van der Waals surface area contributed by atoms with Gasteiger partial charge in [-0.3, -0.25) is 0 Å². The van der Waals surface area contributed by atoms with Gasteiger partial charge in [-0.2, -0.15) is 0 Å². The topological polar surface area (TPSA) is 29.5 Å². The smallest absolute Gasteiger partial charge is 0.119 e. The summed E-state index contributed by atoms with van der Waals surface area (Å²) in [6.07, 6.45) is 2.16. The fraction of sp³-hybridized carbons (Fsp3) is 0.538. The lowest BCUT2D eigenvalue weighted by molar-refractivity contribution is 0.0325. The van der Waals surface area contributed by atoms with Crippen molar-refractivity contribution in [3.63, 3.8) is 0 Å². The summed E-state index contributed by atoms with van der Waals surface area (Å²) in [5, 5.41) is 10.3. The van der Waals surface area contributed by atoms with Crippen LogP contribution in [0.4, 0.5) is 0 Å². The van der Waals surface area contributed by atoms with Gasteiger partial charge in [0.05, 0.1) is 12.7 Å². The van der Waals surface area contributed by atoms with E-state index in [0.29, 0.717) is 6.42 Å². The molecule has 0 radical (unpaired) electrons.